The van der Waals surface area contributed by atoms with Crippen molar-refractivity contribution in [2.24, 2.45) is 0 Å². The lowest BCUT2D eigenvalue weighted by Gasteiger charge is -2.27. The highest BCUT2D eigenvalue weighted by molar-refractivity contribution is 6.25. The second-order valence-electron chi connectivity index (χ2n) is 6.52. The summed E-state index contributed by atoms with van der Waals surface area (Å²) in [5, 5.41) is 5.28. The van der Waals surface area contributed by atoms with E-state index in [0.717, 1.165) is 4.90 Å². The third-order valence-electron chi connectivity index (χ3n) is 4.62. The number of anilines is 1. The predicted molar refractivity (Wildman–Crippen MR) is 104 cm³/mol. The van der Waals surface area contributed by atoms with Crippen LogP contribution in [0.1, 0.15) is 33.6 Å². The summed E-state index contributed by atoms with van der Waals surface area (Å²) in [5.41, 5.74) is 0.963. The number of ether oxygens (including phenoxy) is 2. The number of nitrogens with zero attached hydrogens (tertiary/aromatic N) is 1. The van der Waals surface area contributed by atoms with Gasteiger partial charge in [-0.2, -0.15) is 0 Å². The topological polar surface area (TPSA) is 114 Å². The van der Waals surface area contributed by atoms with Crippen LogP contribution in [-0.4, -0.2) is 73.4 Å². The molecule has 3 rings (SSSR count). The Hall–Kier alpha value is -2.49. The molecule has 1 atom stereocenters. The monoisotopic (exact) mass is 423 g/mol. The molecule has 2 N–H and O–H groups in total. The van der Waals surface area contributed by atoms with E-state index in [-0.39, 0.29) is 24.0 Å². The summed E-state index contributed by atoms with van der Waals surface area (Å²) < 4.78 is 10.6. The van der Waals surface area contributed by atoms with Crippen molar-refractivity contribution >= 4 is 40.9 Å². The molecule has 2 heterocycles. The molecule has 10 heteroatoms. The van der Waals surface area contributed by atoms with E-state index in [1.807, 2.05) is 0 Å². The first-order chi connectivity index (χ1) is 14.0. The van der Waals surface area contributed by atoms with Gasteiger partial charge < -0.3 is 14.8 Å². The van der Waals surface area contributed by atoms with Gasteiger partial charge in [-0.3, -0.25) is 29.4 Å². The average molecular weight is 424 g/mol. The first kappa shape index (κ1) is 21.2. The molecule has 0 bridgehead atoms. The van der Waals surface area contributed by atoms with Crippen molar-refractivity contribution in [3.8, 4) is 0 Å². The second-order valence-corrected chi connectivity index (χ2v) is 6.89. The molecule has 29 heavy (non-hydrogen) atoms. The van der Waals surface area contributed by atoms with Crippen LogP contribution in [0.2, 0.25) is 0 Å². The van der Waals surface area contributed by atoms with Crippen LogP contribution >= 0.6 is 11.6 Å². The molecule has 0 spiro atoms. The number of piperidine rings is 1. The van der Waals surface area contributed by atoms with Crippen molar-refractivity contribution in [1.29, 1.82) is 0 Å². The Morgan fingerprint density at radius 2 is 1.83 bits per heavy atom. The zero-order valence-corrected chi connectivity index (χ0v) is 16.5. The van der Waals surface area contributed by atoms with Gasteiger partial charge in [0, 0.05) is 24.5 Å². The Labute approximate surface area is 172 Å². The lowest BCUT2D eigenvalue weighted by atomic mass is 10.0. The number of carbonyl (C=O) groups is 4. The highest BCUT2D eigenvalue weighted by atomic mass is 35.5. The van der Waals surface area contributed by atoms with Gasteiger partial charge in [0.15, 0.2) is 0 Å². The summed E-state index contributed by atoms with van der Waals surface area (Å²) in [7, 11) is 0. The summed E-state index contributed by atoms with van der Waals surface area (Å²) in [6.07, 6.45) is 0.208. The number of amides is 4. The fourth-order valence-corrected chi connectivity index (χ4v) is 3.41. The Bertz CT molecular complexity index is 815. The standard InChI is InChI=1S/C19H22ClN3O6/c20-6-8-28-10-11-29-9-7-21-13-3-1-2-12-16(13)19(27)23(18(12)26)14-4-5-15(24)22-17(14)25/h1-3,14,21H,4-11H2,(H,22,24,25). The van der Waals surface area contributed by atoms with Gasteiger partial charge in [0.2, 0.25) is 11.8 Å². The molecular formula is C19H22ClN3O6. The fraction of sp³-hybridized carbons (Fsp3) is 0.474. The van der Waals surface area contributed by atoms with E-state index in [0.29, 0.717) is 44.5 Å². The molecule has 9 nitrogen and oxygen atoms in total. The normalized spacial score (nSPS) is 18.8. The van der Waals surface area contributed by atoms with Crippen LogP contribution in [0.4, 0.5) is 5.69 Å². The number of hydrogen-bond donors (Lipinski definition) is 2. The third-order valence-corrected chi connectivity index (χ3v) is 4.78. The molecule has 1 fully saturated rings. The van der Waals surface area contributed by atoms with E-state index in [1.165, 1.54) is 0 Å². The molecule has 1 aromatic rings. The number of hydrogen-bond acceptors (Lipinski definition) is 7. The van der Waals surface area contributed by atoms with Gasteiger partial charge in [0.05, 0.1) is 37.6 Å². The number of halogens is 1. The van der Waals surface area contributed by atoms with E-state index in [2.05, 4.69) is 10.6 Å². The maximum Gasteiger partial charge on any atom is 0.264 e. The van der Waals surface area contributed by atoms with Crippen molar-refractivity contribution in [3.63, 3.8) is 0 Å². The van der Waals surface area contributed by atoms with E-state index < -0.39 is 29.7 Å². The van der Waals surface area contributed by atoms with E-state index in [4.69, 9.17) is 21.1 Å². The van der Waals surface area contributed by atoms with Crippen LogP contribution in [0, 0.1) is 0 Å². The van der Waals surface area contributed by atoms with Gasteiger partial charge in [0.25, 0.3) is 11.8 Å². The molecule has 0 aromatic heterocycles. The molecule has 1 unspecified atom stereocenters. The summed E-state index contributed by atoms with van der Waals surface area (Å²) >= 11 is 5.51. The molecule has 2 aliphatic heterocycles. The second kappa shape index (κ2) is 9.82. The predicted octanol–water partition coefficient (Wildman–Crippen LogP) is 0.772. The Balaban J connectivity index is 1.61. The number of carbonyl (C=O) groups excluding carboxylic acids is 4. The van der Waals surface area contributed by atoms with Crippen molar-refractivity contribution < 1.29 is 28.7 Å². The van der Waals surface area contributed by atoms with Gasteiger partial charge in [-0.05, 0) is 18.6 Å². The van der Waals surface area contributed by atoms with Crippen molar-refractivity contribution in [2.75, 3.05) is 44.2 Å². The zero-order chi connectivity index (χ0) is 20.8. The molecule has 1 aromatic carbocycles. The first-order valence-electron chi connectivity index (χ1n) is 9.34. The minimum absolute atomic E-state index is 0.0842. The van der Waals surface area contributed by atoms with Crippen LogP contribution in [0.15, 0.2) is 18.2 Å². The molecule has 0 radical (unpaired) electrons. The van der Waals surface area contributed by atoms with Crippen LogP contribution in [-0.2, 0) is 19.1 Å². The molecule has 0 aliphatic carbocycles. The molecule has 4 amide bonds. The van der Waals surface area contributed by atoms with E-state index >= 15 is 0 Å². The van der Waals surface area contributed by atoms with Crippen LogP contribution in [0.5, 0.6) is 0 Å². The van der Waals surface area contributed by atoms with Crippen LogP contribution in [0.25, 0.3) is 0 Å². The molecule has 156 valence electrons. The molecular weight excluding hydrogens is 402 g/mol. The summed E-state index contributed by atoms with van der Waals surface area (Å²) in [6, 6.07) is 3.93. The number of benzene rings is 1. The highest BCUT2D eigenvalue weighted by Gasteiger charge is 2.45. The van der Waals surface area contributed by atoms with Crippen molar-refractivity contribution in [3.05, 3.63) is 29.3 Å². The average Bonchev–Trinajstić information content (AvgIpc) is 2.95. The molecule has 0 saturated carbocycles. The quantitative estimate of drug-likeness (QED) is 0.324. The lowest BCUT2D eigenvalue weighted by Crippen LogP contribution is -2.54. The number of rotatable bonds is 10. The number of nitrogens with one attached hydrogen (secondary N) is 2. The van der Waals surface area contributed by atoms with Crippen LogP contribution in [0.3, 0.4) is 0 Å². The highest BCUT2D eigenvalue weighted by Crippen LogP contribution is 2.32. The fourth-order valence-electron chi connectivity index (χ4n) is 3.30. The summed E-state index contributed by atoms with van der Waals surface area (Å²) in [6.45, 7) is 2.14. The third kappa shape index (κ3) is 4.75. The SMILES string of the molecule is O=C1CCC(N2C(=O)c3cccc(NCCOCCOCCCl)c3C2=O)C(=O)N1. The largest absolute Gasteiger partial charge is 0.382 e. The summed E-state index contributed by atoms with van der Waals surface area (Å²) in [5.74, 6) is -1.68. The first-order valence-corrected chi connectivity index (χ1v) is 9.88. The number of fused-ring (bicyclic) bond motifs is 1. The van der Waals surface area contributed by atoms with Gasteiger partial charge in [-0.25, -0.2) is 0 Å². The van der Waals surface area contributed by atoms with Gasteiger partial charge in [-0.1, -0.05) is 6.07 Å². The Kier molecular flexibility index (Phi) is 7.18. The minimum Gasteiger partial charge on any atom is -0.382 e. The number of imide groups is 2. The Morgan fingerprint density at radius 1 is 1.07 bits per heavy atom. The molecule has 2 aliphatic rings. The molecule has 1 saturated heterocycles. The minimum atomic E-state index is -0.982. The lowest BCUT2D eigenvalue weighted by molar-refractivity contribution is -0.136. The van der Waals surface area contributed by atoms with Gasteiger partial charge in [-0.15, -0.1) is 11.6 Å². The zero-order valence-electron chi connectivity index (χ0n) is 15.7. The van der Waals surface area contributed by atoms with Crippen molar-refractivity contribution in [2.45, 2.75) is 18.9 Å². The van der Waals surface area contributed by atoms with Gasteiger partial charge >= 0.3 is 0 Å². The maximum absolute atomic E-state index is 12.9. The van der Waals surface area contributed by atoms with E-state index in [9.17, 15) is 19.2 Å². The van der Waals surface area contributed by atoms with Crippen LogP contribution < -0.4 is 10.6 Å². The van der Waals surface area contributed by atoms with E-state index in [1.54, 1.807) is 18.2 Å². The van der Waals surface area contributed by atoms with Gasteiger partial charge in [0.1, 0.15) is 6.04 Å². The maximum atomic E-state index is 12.9. The Morgan fingerprint density at radius 3 is 2.55 bits per heavy atom. The van der Waals surface area contributed by atoms with Crippen molar-refractivity contribution in [1.82, 2.24) is 10.2 Å². The summed E-state index contributed by atoms with van der Waals surface area (Å²) in [4.78, 5) is 50.1. The number of alkyl halides is 1. The smallest absolute Gasteiger partial charge is 0.264 e.